The van der Waals surface area contributed by atoms with Crippen molar-refractivity contribution in [2.75, 3.05) is 18.4 Å². The molecule has 0 aliphatic carbocycles. The first-order chi connectivity index (χ1) is 12.3. The van der Waals surface area contributed by atoms with Gasteiger partial charge in [0, 0.05) is 25.4 Å². The number of pyridine rings is 1. The fraction of sp³-hybridized carbons (Fsp3) is 0.438. The van der Waals surface area contributed by atoms with E-state index in [1.807, 2.05) is 0 Å². The standard InChI is InChI=1S/C16H22N4O4S2/c1-5-20(6-2)26(22,23)13-7-8-15(17-10-13)25-12(4)16(21)18-14-9-11(3)24-19-14/h7-10,12H,5-6H2,1-4H3,(H,18,19,21). The molecular formula is C16H22N4O4S2. The first-order valence-corrected chi connectivity index (χ1v) is 10.5. The summed E-state index contributed by atoms with van der Waals surface area (Å²) in [7, 11) is -3.54. The summed E-state index contributed by atoms with van der Waals surface area (Å²) >= 11 is 1.23. The van der Waals surface area contributed by atoms with Gasteiger partial charge in [-0.3, -0.25) is 4.79 Å². The molecule has 1 N–H and O–H groups in total. The topological polar surface area (TPSA) is 105 Å². The van der Waals surface area contributed by atoms with E-state index in [4.69, 9.17) is 4.52 Å². The minimum Gasteiger partial charge on any atom is -0.360 e. The summed E-state index contributed by atoms with van der Waals surface area (Å²) in [5.74, 6) is 0.714. The number of aryl methyl sites for hydroxylation is 1. The zero-order valence-corrected chi connectivity index (χ0v) is 16.7. The third-order valence-electron chi connectivity index (χ3n) is 3.60. The molecule has 0 aliphatic heterocycles. The Morgan fingerprint density at radius 2 is 2.04 bits per heavy atom. The van der Waals surface area contributed by atoms with Crippen LogP contribution in [0.15, 0.2) is 38.8 Å². The minimum atomic E-state index is -3.54. The molecule has 2 aromatic heterocycles. The second kappa shape index (κ2) is 8.65. The highest BCUT2D eigenvalue weighted by Gasteiger charge is 2.22. The molecule has 8 nitrogen and oxygen atoms in total. The van der Waals surface area contributed by atoms with Gasteiger partial charge >= 0.3 is 0 Å². The van der Waals surface area contributed by atoms with Crippen LogP contribution < -0.4 is 5.32 Å². The van der Waals surface area contributed by atoms with Crippen molar-refractivity contribution in [1.82, 2.24) is 14.4 Å². The van der Waals surface area contributed by atoms with E-state index in [1.54, 1.807) is 39.8 Å². The van der Waals surface area contributed by atoms with Crippen LogP contribution in [-0.4, -0.2) is 47.1 Å². The average molecular weight is 399 g/mol. The zero-order valence-electron chi connectivity index (χ0n) is 15.1. The van der Waals surface area contributed by atoms with Gasteiger partial charge in [0.2, 0.25) is 15.9 Å². The van der Waals surface area contributed by atoms with Gasteiger partial charge in [-0.1, -0.05) is 30.8 Å². The lowest BCUT2D eigenvalue weighted by Gasteiger charge is -2.18. The number of carbonyl (C=O) groups is 1. The predicted molar refractivity (Wildman–Crippen MR) is 99.5 cm³/mol. The number of aromatic nitrogens is 2. The monoisotopic (exact) mass is 398 g/mol. The number of thioether (sulfide) groups is 1. The maximum absolute atomic E-state index is 12.4. The molecule has 1 amide bonds. The van der Waals surface area contributed by atoms with Gasteiger partial charge in [-0.25, -0.2) is 13.4 Å². The molecule has 0 radical (unpaired) electrons. The molecule has 142 valence electrons. The SMILES string of the molecule is CCN(CC)S(=O)(=O)c1ccc(SC(C)C(=O)Nc2cc(C)on2)nc1. The quantitative estimate of drug-likeness (QED) is 0.681. The van der Waals surface area contributed by atoms with Crippen LogP contribution in [0.2, 0.25) is 0 Å². The highest BCUT2D eigenvalue weighted by atomic mass is 32.2. The van der Waals surface area contributed by atoms with E-state index in [9.17, 15) is 13.2 Å². The van der Waals surface area contributed by atoms with Crippen molar-refractivity contribution in [1.29, 1.82) is 0 Å². The molecule has 0 aliphatic rings. The molecule has 1 unspecified atom stereocenters. The normalized spacial score (nSPS) is 13.0. The Balaban J connectivity index is 2.03. The van der Waals surface area contributed by atoms with E-state index in [2.05, 4.69) is 15.5 Å². The molecule has 2 aromatic rings. The van der Waals surface area contributed by atoms with E-state index < -0.39 is 15.3 Å². The van der Waals surface area contributed by atoms with Crippen LogP contribution >= 0.6 is 11.8 Å². The Bertz CT molecular complexity index is 845. The Labute approximate surface area is 157 Å². The maximum atomic E-state index is 12.4. The highest BCUT2D eigenvalue weighted by molar-refractivity contribution is 8.00. The zero-order chi connectivity index (χ0) is 19.3. The third kappa shape index (κ3) is 4.83. The second-order valence-corrected chi connectivity index (χ2v) is 8.79. The minimum absolute atomic E-state index is 0.140. The molecule has 0 saturated carbocycles. The maximum Gasteiger partial charge on any atom is 0.244 e. The number of hydrogen-bond donors (Lipinski definition) is 1. The number of nitrogens with one attached hydrogen (secondary N) is 1. The van der Waals surface area contributed by atoms with Crippen LogP contribution in [0.5, 0.6) is 0 Å². The Morgan fingerprint density at radius 1 is 1.35 bits per heavy atom. The van der Waals surface area contributed by atoms with Crippen LogP contribution in [-0.2, 0) is 14.8 Å². The molecule has 0 aromatic carbocycles. The van der Waals surface area contributed by atoms with Gasteiger partial charge in [0.15, 0.2) is 5.82 Å². The summed E-state index contributed by atoms with van der Waals surface area (Å²) in [5, 5.41) is 6.48. The van der Waals surface area contributed by atoms with E-state index in [1.165, 1.54) is 28.3 Å². The number of sulfonamides is 1. The number of hydrogen-bond acceptors (Lipinski definition) is 7. The molecule has 0 bridgehead atoms. The van der Waals surface area contributed by atoms with Crippen molar-refractivity contribution in [2.45, 2.75) is 42.9 Å². The molecule has 2 rings (SSSR count). The van der Waals surface area contributed by atoms with Crippen molar-refractivity contribution >= 4 is 33.5 Å². The molecular weight excluding hydrogens is 376 g/mol. The number of nitrogens with zero attached hydrogens (tertiary/aromatic N) is 3. The van der Waals surface area contributed by atoms with Gasteiger partial charge in [-0.2, -0.15) is 4.31 Å². The van der Waals surface area contributed by atoms with Gasteiger partial charge in [0.05, 0.1) is 10.3 Å². The summed E-state index contributed by atoms with van der Waals surface area (Å²) in [6.07, 6.45) is 1.32. The van der Waals surface area contributed by atoms with Crippen LogP contribution in [0.1, 0.15) is 26.5 Å². The van der Waals surface area contributed by atoms with E-state index in [0.29, 0.717) is 29.7 Å². The predicted octanol–water partition coefficient (Wildman–Crippen LogP) is 2.53. The van der Waals surface area contributed by atoms with Crippen LogP contribution in [0.25, 0.3) is 0 Å². The smallest absolute Gasteiger partial charge is 0.244 e. The molecule has 1 atom stereocenters. The lowest BCUT2D eigenvalue weighted by Crippen LogP contribution is -2.30. The van der Waals surface area contributed by atoms with Crippen LogP contribution in [0.3, 0.4) is 0 Å². The molecule has 0 fully saturated rings. The van der Waals surface area contributed by atoms with Crippen molar-refractivity contribution < 1.29 is 17.7 Å². The van der Waals surface area contributed by atoms with Gasteiger partial charge in [-0.05, 0) is 26.0 Å². The first-order valence-electron chi connectivity index (χ1n) is 8.15. The van der Waals surface area contributed by atoms with Gasteiger partial charge < -0.3 is 9.84 Å². The lowest BCUT2D eigenvalue weighted by atomic mass is 10.4. The van der Waals surface area contributed by atoms with E-state index in [-0.39, 0.29) is 10.8 Å². The summed E-state index contributed by atoms with van der Waals surface area (Å²) in [5.41, 5.74) is 0. The molecule has 0 saturated heterocycles. The summed E-state index contributed by atoms with van der Waals surface area (Å²) in [6, 6.07) is 4.74. The van der Waals surface area contributed by atoms with Gasteiger partial charge in [0.1, 0.15) is 10.7 Å². The summed E-state index contributed by atoms with van der Waals surface area (Å²) in [4.78, 5) is 16.5. The van der Waals surface area contributed by atoms with E-state index >= 15 is 0 Å². The number of rotatable bonds is 8. The van der Waals surface area contributed by atoms with Crippen molar-refractivity contribution in [3.63, 3.8) is 0 Å². The Morgan fingerprint density at radius 3 is 2.54 bits per heavy atom. The fourth-order valence-electron chi connectivity index (χ4n) is 2.19. The number of carbonyl (C=O) groups excluding carboxylic acids is 1. The van der Waals surface area contributed by atoms with Gasteiger partial charge in [0.25, 0.3) is 0 Å². The molecule has 10 heteroatoms. The van der Waals surface area contributed by atoms with Crippen LogP contribution in [0.4, 0.5) is 5.82 Å². The molecule has 0 spiro atoms. The van der Waals surface area contributed by atoms with Crippen LogP contribution in [0, 0.1) is 6.92 Å². The third-order valence-corrected chi connectivity index (χ3v) is 6.68. The van der Waals surface area contributed by atoms with Crippen molar-refractivity contribution in [3.05, 3.63) is 30.2 Å². The number of amides is 1. The molecule has 26 heavy (non-hydrogen) atoms. The average Bonchev–Trinajstić information content (AvgIpc) is 3.01. The first kappa shape index (κ1) is 20.4. The fourth-order valence-corrected chi connectivity index (χ4v) is 4.38. The Hall–Kier alpha value is -1.91. The van der Waals surface area contributed by atoms with E-state index in [0.717, 1.165) is 0 Å². The second-order valence-electron chi connectivity index (χ2n) is 5.49. The highest BCUT2D eigenvalue weighted by Crippen LogP contribution is 2.24. The summed E-state index contributed by atoms with van der Waals surface area (Å²) < 4.78 is 31.2. The van der Waals surface area contributed by atoms with Crippen molar-refractivity contribution in [3.8, 4) is 0 Å². The van der Waals surface area contributed by atoms with Gasteiger partial charge in [-0.15, -0.1) is 0 Å². The molecule has 2 heterocycles. The van der Waals surface area contributed by atoms with Crippen molar-refractivity contribution in [2.24, 2.45) is 0 Å². The Kier molecular flexibility index (Phi) is 6.79. The largest absolute Gasteiger partial charge is 0.360 e. The number of anilines is 1. The summed E-state index contributed by atoms with van der Waals surface area (Å²) in [6.45, 7) is 7.83. The lowest BCUT2D eigenvalue weighted by molar-refractivity contribution is -0.115.